The SMILES string of the molecule is CC12C(=NN=C1S(=O)(=O)c1ccccc1)c1ccccc1-c1ccccc12. The molecule has 0 N–H and O–H groups in total. The van der Waals surface area contributed by atoms with Crippen molar-refractivity contribution in [1.82, 2.24) is 0 Å². The first-order valence-electron chi connectivity index (χ1n) is 8.70. The van der Waals surface area contributed by atoms with Gasteiger partial charge in [0.05, 0.1) is 16.0 Å². The van der Waals surface area contributed by atoms with Crippen LogP contribution in [-0.2, 0) is 15.3 Å². The number of benzene rings is 3. The fourth-order valence-electron chi connectivity index (χ4n) is 4.07. The molecule has 27 heavy (non-hydrogen) atoms. The van der Waals surface area contributed by atoms with Crippen LogP contribution in [0.2, 0.25) is 0 Å². The maximum atomic E-state index is 13.4. The van der Waals surface area contributed by atoms with Gasteiger partial charge in [0, 0.05) is 5.56 Å². The summed E-state index contributed by atoms with van der Waals surface area (Å²) in [7, 11) is -3.78. The highest BCUT2D eigenvalue weighted by Gasteiger charge is 2.52. The second kappa shape index (κ2) is 5.47. The summed E-state index contributed by atoms with van der Waals surface area (Å²) in [5.41, 5.74) is 3.69. The quantitative estimate of drug-likeness (QED) is 0.642. The maximum absolute atomic E-state index is 13.4. The Kier molecular flexibility index (Phi) is 3.27. The Morgan fingerprint density at radius 2 is 1.30 bits per heavy atom. The molecule has 1 atom stereocenters. The van der Waals surface area contributed by atoms with E-state index in [0.717, 1.165) is 22.3 Å². The highest BCUT2D eigenvalue weighted by Crippen LogP contribution is 2.47. The van der Waals surface area contributed by atoms with Gasteiger partial charge in [0.25, 0.3) is 0 Å². The predicted octanol–water partition coefficient (Wildman–Crippen LogP) is 4.22. The van der Waals surface area contributed by atoms with Gasteiger partial charge in [0.1, 0.15) is 0 Å². The molecule has 0 fully saturated rings. The molecule has 1 aliphatic heterocycles. The molecule has 1 heterocycles. The molecule has 1 aliphatic carbocycles. The van der Waals surface area contributed by atoms with Crippen molar-refractivity contribution in [1.29, 1.82) is 0 Å². The number of fused-ring (bicyclic) bond motifs is 6. The van der Waals surface area contributed by atoms with Crippen molar-refractivity contribution in [2.75, 3.05) is 0 Å². The Morgan fingerprint density at radius 1 is 0.704 bits per heavy atom. The van der Waals surface area contributed by atoms with E-state index in [4.69, 9.17) is 0 Å². The Labute approximate surface area is 157 Å². The Balaban J connectivity index is 1.79. The van der Waals surface area contributed by atoms with Gasteiger partial charge >= 0.3 is 0 Å². The van der Waals surface area contributed by atoms with E-state index in [1.807, 2.05) is 55.5 Å². The van der Waals surface area contributed by atoms with Crippen molar-refractivity contribution < 1.29 is 8.42 Å². The highest BCUT2D eigenvalue weighted by molar-refractivity contribution is 8.06. The van der Waals surface area contributed by atoms with E-state index in [1.165, 1.54) is 0 Å². The zero-order valence-corrected chi connectivity index (χ0v) is 15.4. The topological polar surface area (TPSA) is 58.9 Å². The third-order valence-electron chi connectivity index (χ3n) is 5.39. The summed E-state index contributed by atoms with van der Waals surface area (Å²) >= 11 is 0. The molecule has 0 spiro atoms. The van der Waals surface area contributed by atoms with Crippen LogP contribution in [0.1, 0.15) is 18.1 Å². The molecule has 0 saturated heterocycles. The number of rotatable bonds is 1. The molecule has 0 saturated carbocycles. The minimum Gasteiger partial charge on any atom is -0.217 e. The van der Waals surface area contributed by atoms with E-state index < -0.39 is 15.3 Å². The van der Waals surface area contributed by atoms with Gasteiger partial charge in [-0.25, -0.2) is 8.42 Å². The second-order valence-electron chi connectivity index (χ2n) is 6.89. The van der Waals surface area contributed by atoms with Crippen molar-refractivity contribution in [2.24, 2.45) is 10.2 Å². The molecule has 0 aromatic heterocycles. The van der Waals surface area contributed by atoms with E-state index >= 15 is 0 Å². The minimum atomic E-state index is -3.78. The van der Waals surface area contributed by atoms with Crippen LogP contribution in [0.15, 0.2) is 94.0 Å². The molecule has 0 bridgehead atoms. The van der Waals surface area contributed by atoms with Crippen molar-refractivity contribution in [3.05, 3.63) is 90.0 Å². The van der Waals surface area contributed by atoms with Gasteiger partial charge in [-0.3, -0.25) is 0 Å². The average molecular weight is 372 g/mol. The summed E-state index contributed by atoms with van der Waals surface area (Å²) in [5, 5.41) is 8.66. The summed E-state index contributed by atoms with van der Waals surface area (Å²) in [6.07, 6.45) is 0. The van der Waals surface area contributed by atoms with Crippen LogP contribution in [0.4, 0.5) is 0 Å². The summed E-state index contributed by atoms with van der Waals surface area (Å²) in [6.45, 7) is 1.91. The molecule has 132 valence electrons. The van der Waals surface area contributed by atoms with Gasteiger partial charge in [-0.15, -0.1) is 5.10 Å². The number of hydrogen-bond donors (Lipinski definition) is 0. The molecule has 0 radical (unpaired) electrons. The van der Waals surface area contributed by atoms with Crippen LogP contribution in [-0.4, -0.2) is 19.2 Å². The summed E-state index contributed by atoms with van der Waals surface area (Å²) in [4.78, 5) is 0.234. The second-order valence-corrected chi connectivity index (χ2v) is 8.75. The van der Waals surface area contributed by atoms with Crippen molar-refractivity contribution >= 4 is 20.6 Å². The molecule has 5 rings (SSSR count). The lowest BCUT2D eigenvalue weighted by atomic mass is 9.68. The first-order valence-corrected chi connectivity index (χ1v) is 10.2. The van der Waals surface area contributed by atoms with Gasteiger partial charge in [0.15, 0.2) is 5.04 Å². The molecular weight excluding hydrogens is 356 g/mol. The van der Waals surface area contributed by atoms with Crippen LogP contribution in [0.25, 0.3) is 11.1 Å². The van der Waals surface area contributed by atoms with Crippen LogP contribution in [0.3, 0.4) is 0 Å². The largest absolute Gasteiger partial charge is 0.223 e. The van der Waals surface area contributed by atoms with Gasteiger partial charge in [-0.1, -0.05) is 66.7 Å². The third kappa shape index (κ3) is 2.06. The summed E-state index contributed by atoms with van der Waals surface area (Å²) < 4.78 is 26.8. The minimum absolute atomic E-state index is 0.0816. The lowest BCUT2D eigenvalue weighted by molar-refractivity contribution is 0.605. The van der Waals surface area contributed by atoms with Crippen molar-refractivity contribution in [2.45, 2.75) is 17.2 Å². The monoisotopic (exact) mass is 372 g/mol. The summed E-state index contributed by atoms with van der Waals surface area (Å²) in [5.74, 6) is 0. The van der Waals surface area contributed by atoms with E-state index in [1.54, 1.807) is 30.3 Å². The van der Waals surface area contributed by atoms with Crippen molar-refractivity contribution in [3.63, 3.8) is 0 Å². The Morgan fingerprint density at radius 3 is 2.04 bits per heavy atom. The average Bonchev–Trinajstić information content (AvgIpc) is 3.08. The van der Waals surface area contributed by atoms with E-state index in [9.17, 15) is 8.42 Å². The molecule has 3 aromatic rings. The molecular formula is C22H16N2O2S. The normalized spacial score (nSPS) is 20.2. The van der Waals surface area contributed by atoms with E-state index in [0.29, 0.717) is 5.71 Å². The fourth-order valence-corrected chi connectivity index (χ4v) is 5.71. The Hall–Kier alpha value is -3.05. The number of sulfone groups is 1. The predicted molar refractivity (Wildman–Crippen MR) is 107 cm³/mol. The van der Waals surface area contributed by atoms with E-state index in [-0.39, 0.29) is 9.94 Å². The molecule has 0 amide bonds. The summed E-state index contributed by atoms with van der Waals surface area (Å²) in [6, 6.07) is 24.3. The van der Waals surface area contributed by atoms with Gasteiger partial charge in [-0.2, -0.15) is 5.10 Å². The van der Waals surface area contributed by atoms with Gasteiger partial charge < -0.3 is 0 Å². The smallest absolute Gasteiger partial charge is 0.217 e. The Bertz CT molecular complexity index is 1240. The van der Waals surface area contributed by atoms with E-state index in [2.05, 4.69) is 10.2 Å². The molecule has 2 aliphatic rings. The molecule has 3 aromatic carbocycles. The maximum Gasteiger partial charge on any atom is 0.223 e. The van der Waals surface area contributed by atoms with Gasteiger partial charge in [-0.05, 0) is 35.7 Å². The number of hydrogen-bond acceptors (Lipinski definition) is 4. The molecule has 4 nitrogen and oxygen atoms in total. The lowest BCUT2D eigenvalue weighted by Gasteiger charge is -2.35. The zero-order valence-electron chi connectivity index (χ0n) is 14.6. The molecule has 1 unspecified atom stereocenters. The van der Waals surface area contributed by atoms with Crippen LogP contribution in [0, 0.1) is 0 Å². The number of nitrogens with zero attached hydrogens (tertiary/aromatic N) is 2. The third-order valence-corrected chi connectivity index (χ3v) is 7.28. The fraction of sp³-hybridized carbons (Fsp3) is 0.0909. The standard InChI is InChI=1S/C22H16N2O2S/c1-22-19-14-8-7-12-17(19)16-11-5-6-13-18(16)20(22)23-24-21(22)27(25,26)15-9-3-2-4-10-15/h2-14H,1H3. The first-order chi connectivity index (χ1) is 13.0. The van der Waals surface area contributed by atoms with Crippen LogP contribution < -0.4 is 0 Å². The molecule has 5 heteroatoms. The highest BCUT2D eigenvalue weighted by atomic mass is 32.2. The first kappa shape index (κ1) is 16.1. The van der Waals surface area contributed by atoms with Crippen LogP contribution >= 0.6 is 0 Å². The lowest BCUT2D eigenvalue weighted by Crippen LogP contribution is -2.44. The van der Waals surface area contributed by atoms with Crippen molar-refractivity contribution in [3.8, 4) is 11.1 Å². The van der Waals surface area contributed by atoms with Gasteiger partial charge in [0.2, 0.25) is 9.84 Å². The van der Waals surface area contributed by atoms with Crippen LogP contribution in [0.5, 0.6) is 0 Å². The zero-order chi connectivity index (χ0) is 18.6.